The first kappa shape index (κ1) is 32.9. The smallest absolute Gasteiger partial charge is 0.160 e. The molecule has 6 nitrogen and oxygen atoms in total. The minimum absolute atomic E-state index is 0.450. The van der Waals surface area contributed by atoms with Crippen LogP contribution in [-0.2, 0) is 0 Å². The molecular weight excluding hydrogens is 723 g/mol. The van der Waals surface area contributed by atoms with E-state index in [1.54, 1.807) is 0 Å². The van der Waals surface area contributed by atoms with Gasteiger partial charge in [0.1, 0.15) is 17.2 Å². The second-order valence-corrected chi connectivity index (χ2v) is 14.8. The fraction of sp³-hybridized carbons (Fsp3) is 0. The predicted octanol–water partition coefficient (Wildman–Crippen LogP) is 13.4. The van der Waals surface area contributed by atoms with Crippen molar-refractivity contribution in [2.24, 2.45) is 0 Å². The number of hydrogen-bond acceptors (Lipinski definition) is 4. The number of nitrogens with zero attached hydrogens (tertiary/aromatic N) is 5. The number of furan rings is 1. The summed E-state index contributed by atoms with van der Waals surface area (Å²) in [5.41, 5.74) is 11.6. The van der Waals surface area contributed by atoms with E-state index >= 15 is 0 Å². The second-order valence-electron chi connectivity index (χ2n) is 14.8. The molecule has 6 heteroatoms. The van der Waals surface area contributed by atoms with Gasteiger partial charge in [0.25, 0.3) is 0 Å². The maximum atomic E-state index is 11.5. The molecule has 0 spiro atoms. The zero-order valence-corrected chi connectivity index (χ0v) is 31.5. The first-order chi connectivity index (χ1) is 29.2. The van der Waals surface area contributed by atoms with Gasteiger partial charge in [0.15, 0.2) is 11.4 Å². The highest BCUT2D eigenvalue weighted by Gasteiger charge is 2.27. The van der Waals surface area contributed by atoms with Crippen molar-refractivity contribution in [2.75, 3.05) is 0 Å². The van der Waals surface area contributed by atoms with Gasteiger partial charge in [0.05, 0.1) is 44.8 Å². The van der Waals surface area contributed by atoms with E-state index in [2.05, 4.69) is 137 Å². The van der Waals surface area contributed by atoms with E-state index in [-0.39, 0.29) is 0 Å². The lowest BCUT2D eigenvalue weighted by atomic mass is 10.0. The van der Waals surface area contributed by atoms with Crippen molar-refractivity contribution < 1.29 is 4.42 Å². The Morgan fingerprint density at radius 1 is 0.424 bits per heavy atom. The molecule has 0 saturated heterocycles. The molecule has 12 rings (SSSR count). The summed E-state index contributed by atoms with van der Waals surface area (Å²) in [5, 5.41) is 17.7. The Bertz CT molecular complexity index is 3520. The first-order valence-electron chi connectivity index (χ1n) is 19.6. The van der Waals surface area contributed by atoms with Crippen LogP contribution in [0.2, 0.25) is 0 Å². The number of rotatable bonds is 5. The van der Waals surface area contributed by atoms with Crippen LogP contribution in [-0.4, -0.2) is 19.1 Å². The number of para-hydroxylation sites is 5. The van der Waals surface area contributed by atoms with Gasteiger partial charge in [0.2, 0.25) is 0 Å². The Kier molecular flexibility index (Phi) is 7.19. The van der Waals surface area contributed by atoms with Crippen LogP contribution >= 0.6 is 0 Å². The van der Waals surface area contributed by atoms with Crippen LogP contribution in [0.25, 0.3) is 111 Å². The number of aromatic nitrogens is 4. The minimum atomic E-state index is 0.450. The highest BCUT2D eigenvalue weighted by molar-refractivity contribution is 6.16. The van der Waals surface area contributed by atoms with Crippen LogP contribution in [0.5, 0.6) is 0 Å². The molecule has 4 heterocycles. The monoisotopic (exact) mass is 753 g/mol. The Hall–Kier alpha value is -8.27. The molecule has 0 bridgehead atoms. The average molecular weight is 754 g/mol. The molecule has 0 aliphatic heterocycles. The van der Waals surface area contributed by atoms with E-state index in [1.165, 1.54) is 0 Å². The van der Waals surface area contributed by atoms with E-state index in [4.69, 9.17) is 14.4 Å². The first-order valence-corrected chi connectivity index (χ1v) is 19.6. The quantitative estimate of drug-likeness (QED) is 0.175. The third-order valence-corrected chi connectivity index (χ3v) is 11.6. The Labute approximate surface area is 338 Å². The molecular formula is C53H31N5O. The summed E-state index contributed by atoms with van der Waals surface area (Å²) in [4.78, 5) is 10.2. The molecule has 0 radical (unpaired) electrons. The molecule has 12 aromatic rings. The number of benzene rings is 8. The van der Waals surface area contributed by atoms with Gasteiger partial charge >= 0.3 is 0 Å². The lowest BCUT2D eigenvalue weighted by Crippen LogP contribution is -2.06. The summed E-state index contributed by atoms with van der Waals surface area (Å²) in [6.07, 6.45) is 0. The summed E-state index contributed by atoms with van der Waals surface area (Å²) in [5.74, 6) is 0.620. The molecule has 4 aromatic heterocycles. The maximum Gasteiger partial charge on any atom is 0.160 e. The van der Waals surface area contributed by atoms with Crippen LogP contribution < -0.4 is 0 Å². The van der Waals surface area contributed by atoms with Gasteiger partial charge in [-0.3, -0.25) is 0 Å². The molecule has 0 atom stereocenters. The third-order valence-electron chi connectivity index (χ3n) is 11.6. The zero-order chi connectivity index (χ0) is 39.0. The highest BCUT2D eigenvalue weighted by atomic mass is 16.3. The van der Waals surface area contributed by atoms with Crippen molar-refractivity contribution in [1.29, 1.82) is 5.26 Å². The summed E-state index contributed by atoms with van der Waals surface area (Å²) < 4.78 is 11.6. The predicted molar refractivity (Wildman–Crippen MR) is 239 cm³/mol. The molecule has 0 saturated carbocycles. The van der Waals surface area contributed by atoms with Gasteiger partial charge in [-0.2, -0.15) is 5.26 Å². The van der Waals surface area contributed by atoms with Gasteiger partial charge in [-0.1, -0.05) is 146 Å². The summed E-state index contributed by atoms with van der Waals surface area (Å²) >= 11 is 0. The van der Waals surface area contributed by atoms with Crippen LogP contribution in [0.15, 0.2) is 192 Å². The van der Waals surface area contributed by atoms with Gasteiger partial charge in [0, 0.05) is 49.0 Å². The molecule has 0 aliphatic carbocycles. The molecule has 0 N–H and O–H groups in total. The van der Waals surface area contributed by atoms with Gasteiger partial charge in [-0.25, -0.2) is 9.97 Å². The molecule has 274 valence electrons. The van der Waals surface area contributed by atoms with Gasteiger partial charge < -0.3 is 13.6 Å². The lowest BCUT2D eigenvalue weighted by molar-refractivity contribution is 0.668. The van der Waals surface area contributed by atoms with Crippen molar-refractivity contribution in [2.45, 2.75) is 0 Å². The highest BCUT2D eigenvalue weighted by Crippen LogP contribution is 2.45. The van der Waals surface area contributed by atoms with Crippen LogP contribution in [0.4, 0.5) is 0 Å². The summed E-state index contributed by atoms with van der Waals surface area (Å²) in [6, 6.07) is 67.2. The number of hydrogen-bond donors (Lipinski definition) is 0. The molecule has 0 fully saturated rings. The maximum absolute atomic E-state index is 11.5. The molecule has 0 aliphatic rings. The molecule has 8 aromatic carbocycles. The van der Waals surface area contributed by atoms with E-state index in [1.807, 2.05) is 66.7 Å². The largest absolute Gasteiger partial charge is 0.454 e. The lowest BCUT2D eigenvalue weighted by Gasteiger charge is -2.18. The molecule has 0 unspecified atom stereocenters. The van der Waals surface area contributed by atoms with E-state index in [9.17, 15) is 5.26 Å². The van der Waals surface area contributed by atoms with Crippen molar-refractivity contribution in [3.63, 3.8) is 0 Å². The Morgan fingerprint density at radius 3 is 1.49 bits per heavy atom. The SMILES string of the molecule is N#Cc1c(-n2c3ccccc3c3ccccc32)c(-n2c3ccccc3c3ccccc32)cc2c1oc1c(-c3cc(-c4ccccc4)nc(-c4ccccc4)n3)cccc12. The van der Waals surface area contributed by atoms with Crippen molar-refractivity contribution in [3.8, 4) is 51.3 Å². The normalized spacial score (nSPS) is 11.7. The fourth-order valence-corrected chi connectivity index (χ4v) is 9.01. The van der Waals surface area contributed by atoms with E-state index < -0.39 is 0 Å². The van der Waals surface area contributed by atoms with E-state index in [0.717, 1.165) is 93.8 Å². The second kappa shape index (κ2) is 12.9. The Morgan fingerprint density at radius 2 is 0.915 bits per heavy atom. The Balaban J connectivity index is 1.22. The van der Waals surface area contributed by atoms with Crippen molar-refractivity contribution >= 4 is 65.6 Å². The van der Waals surface area contributed by atoms with Crippen LogP contribution in [0.1, 0.15) is 5.56 Å². The standard InChI is InChI=1S/C53H31N5O/c54-32-42-50(58-47-28-13-9-22-37(47)38-23-10-14-29-48(38)58)49(57-45-26-11-7-20-35(45)36-21-8-12-27-46(36)57)30-41-39-24-15-25-40(51(39)59-52(41)42)44-31-43(33-16-3-1-4-17-33)55-53(56-44)34-18-5-2-6-19-34/h1-31H. The zero-order valence-electron chi connectivity index (χ0n) is 31.5. The fourth-order valence-electron chi connectivity index (χ4n) is 9.01. The van der Waals surface area contributed by atoms with Gasteiger partial charge in [-0.15, -0.1) is 0 Å². The summed E-state index contributed by atoms with van der Waals surface area (Å²) in [7, 11) is 0. The summed E-state index contributed by atoms with van der Waals surface area (Å²) in [6.45, 7) is 0. The van der Waals surface area contributed by atoms with Crippen molar-refractivity contribution in [1.82, 2.24) is 19.1 Å². The minimum Gasteiger partial charge on any atom is -0.454 e. The number of fused-ring (bicyclic) bond motifs is 9. The van der Waals surface area contributed by atoms with Gasteiger partial charge in [-0.05, 0) is 42.5 Å². The van der Waals surface area contributed by atoms with E-state index in [0.29, 0.717) is 22.6 Å². The van der Waals surface area contributed by atoms with Crippen LogP contribution in [0.3, 0.4) is 0 Å². The average Bonchev–Trinajstić information content (AvgIpc) is 3.96. The molecule has 0 amide bonds. The molecule has 59 heavy (non-hydrogen) atoms. The third kappa shape index (κ3) is 4.92. The topological polar surface area (TPSA) is 72.6 Å². The number of nitriles is 1. The van der Waals surface area contributed by atoms with Crippen molar-refractivity contribution in [3.05, 3.63) is 194 Å². The van der Waals surface area contributed by atoms with Crippen LogP contribution in [0, 0.1) is 11.3 Å².